The molecule has 1 unspecified atom stereocenters. The van der Waals surface area contributed by atoms with Gasteiger partial charge in [-0.1, -0.05) is 42.6 Å². The third-order valence-corrected chi connectivity index (χ3v) is 5.10. The first-order valence-electron chi connectivity index (χ1n) is 5.69. The third-order valence-electron chi connectivity index (χ3n) is 3.13. The Kier molecular flexibility index (Phi) is 5.83. The molecule has 0 bridgehead atoms. The molecule has 0 aliphatic heterocycles. The Morgan fingerprint density at radius 1 is 1.47 bits per heavy atom. The summed E-state index contributed by atoms with van der Waals surface area (Å²) in [6.07, 6.45) is 8.39. The van der Waals surface area contributed by atoms with Crippen molar-refractivity contribution in [3.8, 4) is 0 Å². The predicted molar refractivity (Wildman–Crippen MR) is 71.9 cm³/mol. The number of unbranched alkanes of at least 4 members (excludes halogenated alkanes) is 1. The molecule has 86 valence electrons. The zero-order valence-electron chi connectivity index (χ0n) is 9.63. The maximum Gasteiger partial charge on any atom is 0.0794 e. The van der Waals surface area contributed by atoms with E-state index in [0.717, 1.165) is 5.33 Å². The van der Waals surface area contributed by atoms with Crippen LogP contribution in [0.4, 0.5) is 0 Å². The van der Waals surface area contributed by atoms with Gasteiger partial charge in [0.15, 0.2) is 0 Å². The number of rotatable bonds is 7. The summed E-state index contributed by atoms with van der Waals surface area (Å²) in [5.41, 5.74) is 2.38. The SMILES string of the molecule is CCCCC(CC)(CBr)Cc1cncs1. The Morgan fingerprint density at radius 3 is 2.73 bits per heavy atom. The summed E-state index contributed by atoms with van der Waals surface area (Å²) < 4.78 is 0. The fourth-order valence-corrected chi connectivity index (χ4v) is 3.49. The van der Waals surface area contributed by atoms with Crippen LogP contribution in [0.2, 0.25) is 0 Å². The summed E-state index contributed by atoms with van der Waals surface area (Å²) in [6, 6.07) is 0. The van der Waals surface area contributed by atoms with Crippen LogP contribution in [0.5, 0.6) is 0 Å². The molecule has 1 heterocycles. The minimum absolute atomic E-state index is 0.447. The van der Waals surface area contributed by atoms with E-state index in [1.54, 1.807) is 11.3 Å². The molecule has 0 spiro atoms. The summed E-state index contributed by atoms with van der Waals surface area (Å²) in [7, 11) is 0. The molecular weight excluding hydrogens is 270 g/mol. The first kappa shape index (κ1) is 13.2. The first-order chi connectivity index (χ1) is 7.26. The van der Waals surface area contributed by atoms with E-state index in [1.165, 1.54) is 37.0 Å². The molecule has 0 aromatic carbocycles. The lowest BCUT2D eigenvalue weighted by molar-refractivity contribution is 0.285. The number of halogens is 1. The van der Waals surface area contributed by atoms with Crippen molar-refractivity contribution < 1.29 is 0 Å². The Morgan fingerprint density at radius 2 is 2.27 bits per heavy atom. The van der Waals surface area contributed by atoms with Crippen LogP contribution >= 0.6 is 27.3 Å². The average Bonchev–Trinajstić information content (AvgIpc) is 2.77. The lowest BCUT2D eigenvalue weighted by Crippen LogP contribution is -2.24. The van der Waals surface area contributed by atoms with Crippen molar-refractivity contribution in [2.24, 2.45) is 5.41 Å². The van der Waals surface area contributed by atoms with Gasteiger partial charge in [0.2, 0.25) is 0 Å². The largest absolute Gasteiger partial charge is 0.253 e. The lowest BCUT2D eigenvalue weighted by Gasteiger charge is -2.30. The van der Waals surface area contributed by atoms with E-state index in [1.807, 2.05) is 11.7 Å². The van der Waals surface area contributed by atoms with Gasteiger partial charge in [-0.15, -0.1) is 11.3 Å². The minimum Gasteiger partial charge on any atom is -0.253 e. The van der Waals surface area contributed by atoms with Gasteiger partial charge in [0.05, 0.1) is 5.51 Å². The normalized spacial score (nSPS) is 15.1. The van der Waals surface area contributed by atoms with Gasteiger partial charge < -0.3 is 0 Å². The van der Waals surface area contributed by atoms with Crippen molar-refractivity contribution in [3.05, 3.63) is 16.6 Å². The van der Waals surface area contributed by atoms with Gasteiger partial charge in [0.1, 0.15) is 0 Å². The molecule has 0 amide bonds. The van der Waals surface area contributed by atoms with E-state index in [0.29, 0.717) is 5.41 Å². The molecule has 1 aromatic rings. The van der Waals surface area contributed by atoms with E-state index < -0.39 is 0 Å². The predicted octanol–water partition coefficient (Wildman–Crippen LogP) is 4.67. The van der Waals surface area contributed by atoms with Crippen LogP contribution in [0.15, 0.2) is 11.7 Å². The van der Waals surface area contributed by atoms with Gasteiger partial charge in [0.25, 0.3) is 0 Å². The quantitative estimate of drug-likeness (QED) is 0.665. The highest BCUT2D eigenvalue weighted by molar-refractivity contribution is 9.09. The second kappa shape index (κ2) is 6.64. The molecule has 1 atom stereocenters. The van der Waals surface area contributed by atoms with Crippen molar-refractivity contribution >= 4 is 27.3 Å². The van der Waals surface area contributed by atoms with Gasteiger partial charge in [-0.25, -0.2) is 0 Å². The maximum absolute atomic E-state index is 4.16. The smallest absolute Gasteiger partial charge is 0.0794 e. The van der Waals surface area contributed by atoms with E-state index in [-0.39, 0.29) is 0 Å². The van der Waals surface area contributed by atoms with Crippen molar-refractivity contribution in [2.45, 2.75) is 46.0 Å². The number of nitrogens with zero attached hydrogens (tertiary/aromatic N) is 1. The Hall–Kier alpha value is 0.110. The number of thiazole rings is 1. The molecule has 15 heavy (non-hydrogen) atoms. The van der Waals surface area contributed by atoms with E-state index in [2.05, 4.69) is 34.8 Å². The average molecular weight is 290 g/mol. The Bertz CT molecular complexity index is 255. The van der Waals surface area contributed by atoms with Gasteiger partial charge >= 0.3 is 0 Å². The Labute approximate surface area is 105 Å². The highest BCUT2D eigenvalue weighted by Crippen LogP contribution is 2.35. The molecule has 0 saturated carbocycles. The molecule has 1 nitrogen and oxygen atoms in total. The van der Waals surface area contributed by atoms with Gasteiger partial charge in [0, 0.05) is 16.4 Å². The van der Waals surface area contributed by atoms with Crippen LogP contribution in [0.1, 0.15) is 44.4 Å². The van der Waals surface area contributed by atoms with Gasteiger partial charge in [-0.2, -0.15) is 0 Å². The van der Waals surface area contributed by atoms with Crippen LogP contribution in [-0.4, -0.2) is 10.3 Å². The number of aromatic nitrogens is 1. The molecule has 1 rings (SSSR count). The summed E-state index contributed by atoms with van der Waals surface area (Å²) in [6.45, 7) is 4.57. The molecule has 0 N–H and O–H groups in total. The number of alkyl halides is 1. The molecular formula is C12H20BrNS. The third kappa shape index (κ3) is 3.87. The fourth-order valence-electron chi connectivity index (χ4n) is 1.85. The van der Waals surface area contributed by atoms with Crippen molar-refractivity contribution in [1.29, 1.82) is 0 Å². The number of hydrogen-bond acceptors (Lipinski definition) is 2. The molecule has 1 aromatic heterocycles. The Balaban J connectivity index is 2.63. The zero-order chi connectivity index (χ0) is 11.1. The molecule has 3 heteroatoms. The van der Waals surface area contributed by atoms with Crippen LogP contribution in [0, 0.1) is 5.41 Å². The van der Waals surface area contributed by atoms with Gasteiger partial charge in [-0.05, 0) is 24.7 Å². The molecule has 0 aliphatic carbocycles. The first-order valence-corrected chi connectivity index (χ1v) is 7.70. The van der Waals surface area contributed by atoms with Gasteiger partial charge in [-0.3, -0.25) is 4.98 Å². The molecule has 0 fully saturated rings. The van der Waals surface area contributed by atoms with Crippen LogP contribution in [-0.2, 0) is 6.42 Å². The van der Waals surface area contributed by atoms with Crippen molar-refractivity contribution in [3.63, 3.8) is 0 Å². The molecule has 0 radical (unpaired) electrons. The molecule has 0 aliphatic rings. The van der Waals surface area contributed by atoms with Crippen molar-refractivity contribution in [2.75, 3.05) is 5.33 Å². The second-order valence-electron chi connectivity index (χ2n) is 4.24. The van der Waals surface area contributed by atoms with Crippen LogP contribution in [0.3, 0.4) is 0 Å². The standard InChI is InChI=1S/C12H20BrNS/c1-3-5-6-12(4-2,9-13)7-11-8-14-10-15-11/h8,10H,3-7,9H2,1-2H3. The monoisotopic (exact) mass is 289 g/mol. The highest BCUT2D eigenvalue weighted by atomic mass is 79.9. The number of hydrogen-bond donors (Lipinski definition) is 0. The van der Waals surface area contributed by atoms with E-state index in [4.69, 9.17) is 0 Å². The summed E-state index contributed by atoms with van der Waals surface area (Å²) in [5.74, 6) is 0. The molecule has 0 saturated heterocycles. The summed E-state index contributed by atoms with van der Waals surface area (Å²) in [4.78, 5) is 5.58. The maximum atomic E-state index is 4.16. The van der Waals surface area contributed by atoms with Crippen LogP contribution < -0.4 is 0 Å². The highest BCUT2D eigenvalue weighted by Gasteiger charge is 2.27. The minimum atomic E-state index is 0.447. The van der Waals surface area contributed by atoms with E-state index >= 15 is 0 Å². The van der Waals surface area contributed by atoms with Crippen molar-refractivity contribution in [1.82, 2.24) is 4.98 Å². The topological polar surface area (TPSA) is 12.9 Å². The second-order valence-corrected chi connectivity index (χ2v) is 5.77. The fraction of sp³-hybridized carbons (Fsp3) is 0.750. The van der Waals surface area contributed by atoms with E-state index in [9.17, 15) is 0 Å². The lowest BCUT2D eigenvalue weighted by atomic mass is 9.79. The zero-order valence-corrected chi connectivity index (χ0v) is 12.0. The van der Waals surface area contributed by atoms with Crippen LogP contribution in [0.25, 0.3) is 0 Å². The summed E-state index contributed by atoms with van der Waals surface area (Å²) in [5, 5.41) is 1.11. The summed E-state index contributed by atoms with van der Waals surface area (Å²) >= 11 is 5.48.